The number of rotatable bonds is 6. The van der Waals surface area contributed by atoms with Gasteiger partial charge in [-0.25, -0.2) is 4.79 Å². The van der Waals surface area contributed by atoms with Gasteiger partial charge in [0.25, 0.3) is 5.56 Å². The molecule has 0 aliphatic rings. The minimum Gasteiger partial charge on any atom is -0.504 e. The highest BCUT2D eigenvalue weighted by atomic mass is 16.5. The highest BCUT2D eigenvalue weighted by molar-refractivity contribution is 5.77. The molecule has 0 saturated heterocycles. The molecule has 3 rings (SSSR count). The van der Waals surface area contributed by atoms with Crippen molar-refractivity contribution in [3.63, 3.8) is 0 Å². The number of aromatic nitrogens is 1. The summed E-state index contributed by atoms with van der Waals surface area (Å²) in [7, 11) is 1.40. The van der Waals surface area contributed by atoms with Crippen LogP contribution >= 0.6 is 0 Å². The summed E-state index contributed by atoms with van der Waals surface area (Å²) in [4.78, 5) is 25.8. The van der Waals surface area contributed by atoms with Crippen LogP contribution in [-0.2, 0) is 4.79 Å². The molecule has 0 radical (unpaired) electrons. The molecule has 2 aromatic carbocycles. The fraction of sp³-hybridized carbons (Fsp3) is 0.0952. The SMILES string of the molecule is COc1cc(-c2cc(-c3cccc(OCC(=O)O)c3)[nH]c(=O)c2C#N)ccc1O. The van der Waals surface area contributed by atoms with Gasteiger partial charge in [0.2, 0.25) is 0 Å². The summed E-state index contributed by atoms with van der Waals surface area (Å²) in [6.45, 7) is -0.494. The van der Waals surface area contributed by atoms with Crippen molar-refractivity contribution in [2.45, 2.75) is 0 Å². The second-order valence-electron chi connectivity index (χ2n) is 6.01. The Hall–Kier alpha value is -4.25. The number of benzene rings is 2. The largest absolute Gasteiger partial charge is 0.504 e. The molecule has 0 atom stereocenters. The molecule has 0 amide bonds. The van der Waals surface area contributed by atoms with E-state index in [1.54, 1.807) is 36.4 Å². The van der Waals surface area contributed by atoms with E-state index >= 15 is 0 Å². The van der Waals surface area contributed by atoms with Crippen molar-refractivity contribution in [1.82, 2.24) is 4.98 Å². The third kappa shape index (κ3) is 4.20. The van der Waals surface area contributed by atoms with Crippen molar-refractivity contribution in [1.29, 1.82) is 5.26 Å². The molecule has 8 nitrogen and oxygen atoms in total. The first-order valence-corrected chi connectivity index (χ1v) is 8.42. The predicted octanol–water partition coefficient (Wildman–Crippen LogP) is 2.76. The number of nitrogens with zero attached hydrogens (tertiary/aromatic N) is 1. The number of carboxylic acids is 1. The third-order valence-electron chi connectivity index (χ3n) is 4.14. The lowest BCUT2D eigenvalue weighted by atomic mass is 9.98. The van der Waals surface area contributed by atoms with E-state index < -0.39 is 18.1 Å². The molecule has 0 bridgehead atoms. The van der Waals surface area contributed by atoms with Gasteiger partial charge in [-0.2, -0.15) is 5.26 Å². The molecule has 8 heteroatoms. The molecule has 3 aromatic rings. The van der Waals surface area contributed by atoms with Crippen LogP contribution in [0.4, 0.5) is 0 Å². The monoisotopic (exact) mass is 392 g/mol. The zero-order chi connectivity index (χ0) is 21.0. The van der Waals surface area contributed by atoms with Gasteiger partial charge in [0.05, 0.1) is 7.11 Å². The van der Waals surface area contributed by atoms with Crippen LogP contribution in [0, 0.1) is 11.3 Å². The van der Waals surface area contributed by atoms with Gasteiger partial charge in [0.1, 0.15) is 17.4 Å². The maximum atomic E-state index is 12.5. The summed E-state index contributed by atoms with van der Waals surface area (Å²) >= 11 is 0. The van der Waals surface area contributed by atoms with Crippen molar-refractivity contribution < 1.29 is 24.5 Å². The van der Waals surface area contributed by atoms with Crippen LogP contribution in [0.15, 0.2) is 53.3 Å². The number of pyridine rings is 1. The number of phenolic OH excluding ortho intramolecular Hbond substituents is 1. The van der Waals surface area contributed by atoms with E-state index in [1.807, 2.05) is 6.07 Å². The Morgan fingerprint density at radius 3 is 2.66 bits per heavy atom. The highest BCUT2D eigenvalue weighted by Crippen LogP contribution is 2.33. The van der Waals surface area contributed by atoms with Gasteiger partial charge < -0.3 is 24.7 Å². The molecule has 0 spiro atoms. The zero-order valence-corrected chi connectivity index (χ0v) is 15.3. The number of H-pyrrole nitrogens is 1. The van der Waals surface area contributed by atoms with Crippen molar-refractivity contribution in [2.75, 3.05) is 13.7 Å². The number of hydrogen-bond acceptors (Lipinski definition) is 6. The molecule has 0 fully saturated rings. The molecule has 29 heavy (non-hydrogen) atoms. The van der Waals surface area contributed by atoms with Gasteiger partial charge in [-0.1, -0.05) is 18.2 Å². The van der Waals surface area contributed by atoms with Crippen LogP contribution in [-0.4, -0.2) is 34.9 Å². The molecule has 0 aliphatic heterocycles. The van der Waals surface area contributed by atoms with E-state index in [0.29, 0.717) is 28.1 Å². The summed E-state index contributed by atoms with van der Waals surface area (Å²) in [5, 5.41) is 28.0. The Morgan fingerprint density at radius 2 is 1.97 bits per heavy atom. The summed E-state index contributed by atoms with van der Waals surface area (Å²) in [6, 6.07) is 14.6. The van der Waals surface area contributed by atoms with Gasteiger partial charge >= 0.3 is 5.97 Å². The number of nitrogens with one attached hydrogen (secondary N) is 1. The minimum atomic E-state index is -1.11. The van der Waals surface area contributed by atoms with E-state index in [1.165, 1.54) is 19.2 Å². The Balaban J connectivity index is 2.12. The molecule has 146 valence electrons. The number of aromatic hydroxyl groups is 1. The third-order valence-corrected chi connectivity index (χ3v) is 4.14. The van der Waals surface area contributed by atoms with Crippen molar-refractivity contribution in [3.8, 4) is 45.7 Å². The number of aromatic amines is 1. The molecule has 1 heterocycles. The number of carbonyl (C=O) groups is 1. The van der Waals surface area contributed by atoms with Gasteiger partial charge in [-0.15, -0.1) is 0 Å². The normalized spacial score (nSPS) is 10.2. The topological polar surface area (TPSA) is 133 Å². The molecule has 0 unspecified atom stereocenters. The number of nitriles is 1. The van der Waals surface area contributed by atoms with E-state index in [4.69, 9.17) is 14.6 Å². The first-order valence-electron chi connectivity index (χ1n) is 8.42. The van der Waals surface area contributed by atoms with Gasteiger partial charge in [0.15, 0.2) is 18.1 Å². The maximum Gasteiger partial charge on any atom is 0.341 e. The average Bonchev–Trinajstić information content (AvgIpc) is 2.72. The number of aliphatic carboxylic acids is 1. The Labute approximate surface area is 165 Å². The first-order chi connectivity index (χ1) is 13.9. The van der Waals surface area contributed by atoms with E-state index in [9.17, 15) is 20.0 Å². The lowest BCUT2D eigenvalue weighted by Gasteiger charge is -2.11. The van der Waals surface area contributed by atoms with Crippen LogP contribution in [0.5, 0.6) is 17.2 Å². The molecule has 0 saturated carbocycles. The smallest absolute Gasteiger partial charge is 0.341 e. The first kappa shape index (κ1) is 19.5. The second kappa shape index (κ2) is 8.19. The Morgan fingerprint density at radius 1 is 1.17 bits per heavy atom. The van der Waals surface area contributed by atoms with E-state index in [0.717, 1.165) is 0 Å². The summed E-state index contributed by atoms with van der Waals surface area (Å²) in [5.41, 5.74) is 1.20. The number of methoxy groups -OCH3 is 1. The van der Waals surface area contributed by atoms with Gasteiger partial charge in [-0.3, -0.25) is 4.79 Å². The van der Waals surface area contributed by atoms with Crippen LogP contribution in [0.25, 0.3) is 22.4 Å². The quantitative estimate of drug-likeness (QED) is 0.587. The van der Waals surface area contributed by atoms with E-state index in [-0.39, 0.29) is 17.1 Å². The number of hydrogen-bond donors (Lipinski definition) is 3. The van der Waals surface area contributed by atoms with Crippen LogP contribution in [0.2, 0.25) is 0 Å². The fourth-order valence-electron chi connectivity index (χ4n) is 2.80. The predicted molar refractivity (Wildman–Crippen MR) is 104 cm³/mol. The maximum absolute atomic E-state index is 12.5. The van der Waals surface area contributed by atoms with Crippen molar-refractivity contribution in [3.05, 3.63) is 64.4 Å². The van der Waals surface area contributed by atoms with Crippen LogP contribution in [0.1, 0.15) is 5.56 Å². The summed E-state index contributed by atoms with van der Waals surface area (Å²) in [5.74, 6) is -0.644. The molecular weight excluding hydrogens is 376 g/mol. The summed E-state index contributed by atoms with van der Waals surface area (Å²) < 4.78 is 10.3. The average molecular weight is 392 g/mol. The number of carboxylic acid groups (broad SMARTS) is 1. The number of ether oxygens (including phenoxy) is 2. The molecular formula is C21H16N2O6. The van der Waals surface area contributed by atoms with Crippen molar-refractivity contribution in [2.24, 2.45) is 0 Å². The van der Waals surface area contributed by atoms with E-state index in [2.05, 4.69) is 4.98 Å². The Kier molecular flexibility index (Phi) is 5.51. The standard InChI is InChI=1S/C21H16N2O6/c1-28-19-8-12(5-6-18(19)24)15-9-17(23-21(27)16(15)10-22)13-3-2-4-14(7-13)29-11-20(25)26/h2-9,24H,11H2,1H3,(H,23,27)(H,25,26). The van der Waals surface area contributed by atoms with Crippen molar-refractivity contribution >= 4 is 5.97 Å². The minimum absolute atomic E-state index is 0.0666. The second-order valence-corrected chi connectivity index (χ2v) is 6.01. The molecule has 0 aliphatic carbocycles. The Bertz CT molecular complexity index is 1180. The molecule has 3 N–H and O–H groups in total. The van der Waals surface area contributed by atoms with Gasteiger partial charge in [-0.05, 0) is 35.9 Å². The lowest BCUT2D eigenvalue weighted by Crippen LogP contribution is -2.13. The zero-order valence-electron chi connectivity index (χ0n) is 15.3. The van der Waals surface area contributed by atoms with Gasteiger partial charge in [0, 0.05) is 16.8 Å². The molecule has 1 aromatic heterocycles. The van der Waals surface area contributed by atoms with Crippen LogP contribution < -0.4 is 15.0 Å². The fourth-order valence-corrected chi connectivity index (χ4v) is 2.80. The number of phenols is 1. The summed E-state index contributed by atoms with van der Waals surface area (Å²) in [6.07, 6.45) is 0. The van der Waals surface area contributed by atoms with Crippen LogP contribution in [0.3, 0.4) is 0 Å². The highest BCUT2D eigenvalue weighted by Gasteiger charge is 2.15. The lowest BCUT2D eigenvalue weighted by molar-refractivity contribution is -0.139.